The quantitative estimate of drug-likeness (QED) is 0.152. The number of fused-ring (bicyclic) bond motifs is 24. The largest absolute Gasteiger partial charge is 0.228 e. The minimum absolute atomic E-state index is 0.456. The van der Waals surface area contributed by atoms with Crippen molar-refractivity contribution in [1.29, 1.82) is 0 Å². The number of hydrogen-bond donors (Lipinski definition) is 0. The van der Waals surface area contributed by atoms with Crippen LogP contribution in [0.15, 0.2) is 413 Å². The molecule has 2 heterocycles. The monoisotopic (exact) mass is 1420 g/mol. The molecule has 24 rings (SSSR count). The normalized spacial score (nSPS) is 17.8. The van der Waals surface area contributed by atoms with Gasteiger partial charge in [0.15, 0.2) is 11.6 Å². The Bertz CT molecular complexity index is 6760. The molecule has 0 bridgehead atoms. The van der Waals surface area contributed by atoms with E-state index in [4.69, 9.17) is 19.9 Å². The lowest BCUT2D eigenvalue weighted by atomic mass is 9.52. The van der Waals surface area contributed by atoms with Crippen LogP contribution in [0.1, 0.15) is 89.0 Å². The van der Waals surface area contributed by atoms with E-state index in [0.717, 1.165) is 62.0 Å². The van der Waals surface area contributed by atoms with Crippen molar-refractivity contribution in [2.45, 2.75) is 21.7 Å². The summed E-state index contributed by atoms with van der Waals surface area (Å²) in [5.41, 5.74) is 39.3. The van der Waals surface area contributed by atoms with Gasteiger partial charge in [-0.25, -0.2) is 19.9 Å². The molecule has 2 spiro atoms. The number of hydrogen-bond acceptors (Lipinski definition) is 4. The maximum absolute atomic E-state index is 5.30. The number of benzene rings is 16. The first-order chi connectivity index (χ1) is 55.5. The van der Waals surface area contributed by atoms with Gasteiger partial charge in [-0.05, 0) is 158 Å². The molecule has 0 saturated carbocycles. The van der Waals surface area contributed by atoms with Crippen LogP contribution >= 0.6 is 0 Å². The molecular weight excluding hydrogens is 1350 g/mol. The van der Waals surface area contributed by atoms with Crippen molar-refractivity contribution in [3.05, 3.63) is 502 Å². The second-order valence-electron chi connectivity index (χ2n) is 30.4. The van der Waals surface area contributed by atoms with Crippen molar-refractivity contribution in [3.8, 4) is 112 Å². The Morgan fingerprint density at radius 3 is 0.795 bits per heavy atom. The summed E-state index contributed by atoms with van der Waals surface area (Å²) >= 11 is 0. The molecule has 0 saturated heterocycles. The van der Waals surface area contributed by atoms with E-state index < -0.39 is 21.7 Å². The maximum atomic E-state index is 5.30. The lowest BCUT2D eigenvalue weighted by Crippen LogP contribution is -2.43. The van der Waals surface area contributed by atoms with Crippen LogP contribution in [0, 0.1) is 0 Å². The molecule has 4 heteroatoms. The molecule has 6 aliphatic rings. The van der Waals surface area contributed by atoms with Gasteiger partial charge in [0.05, 0.1) is 44.4 Å². The van der Waals surface area contributed by atoms with Crippen molar-refractivity contribution in [2.75, 3.05) is 0 Å². The van der Waals surface area contributed by atoms with Gasteiger partial charge in [-0.1, -0.05) is 388 Å². The molecule has 112 heavy (non-hydrogen) atoms. The molecule has 2 aromatic heterocycles. The van der Waals surface area contributed by atoms with Crippen LogP contribution in [0.3, 0.4) is 0 Å². The van der Waals surface area contributed by atoms with E-state index in [1.54, 1.807) is 0 Å². The summed E-state index contributed by atoms with van der Waals surface area (Å²) in [4.78, 5) is 21.1. The highest BCUT2D eigenvalue weighted by atomic mass is 14.9. The number of rotatable bonds is 8. The van der Waals surface area contributed by atoms with Gasteiger partial charge in [-0.3, -0.25) is 0 Å². The van der Waals surface area contributed by atoms with Crippen molar-refractivity contribution in [3.63, 3.8) is 0 Å². The van der Waals surface area contributed by atoms with Crippen molar-refractivity contribution >= 4 is 0 Å². The Morgan fingerprint density at radius 1 is 0.143 bits per heavy atom. The zero-order valence-corrected chi connectivity index (χ0v) is 61.0. The highest BCUT2D eigenvalue weighted by Gasteiger charge is 2.62. The van der Waals surface area contributed by atoms with Crippen LogP contribution in [-0.2, 0) is 21.7 Å². The smallest absolute Gasteiger partial charge is 0.160 e. The lowest BCUT2D eigenvalue weighted by Gasteiger charge is -2.48. The summed E-state index contributed by atoms with van der Waals surface area (Å²) in [6.45, 7) is 0. The van der Waals surface area contributed by atoms with Crippen LogP contribution in [-0.4, -0.2) is 19.9 Å². The molecule has 6 aliphatic carbocycles. The van der Waals surface area contributed by atoms with E-state index >= 15 is 0 Å². The Labute approximate surface area is 651 Å². The molecule has 0 fully saturated rings. The number of nitrogens with zero attached hydrogens (tertiary/aromatic N) is 4. The average molecular weight is 1420 g/mol. The summed E-state index contributed by atoms with van der Waals surface area (Å²) < 4.78 is 0. The van der Waals surface area contributed by atoms with E-state index in [1.165, 1.54) is 134 Å². The Kier molecular flexibility index (Phi) is 14.0. The topological polar surface area (TPSA) is 51.6 Å². The zero-order valence-electron chi connectivity index (χ0n) is 61.0. The van der Waals surface area contributed by atoms with E-state index in [0.29, 0.717) is 5.82 Å². The van der Waals surface area contributed by atoms with Crippen LogP contribution in [0.5, 0.6) is 0 Å². The van der Waals surface area contributed by atoms with Gasteiger partial charge in [-0.15, -0.1) is 0 Å². The Hall–Kier alpha value is -14.3. The summed E-state index contributed by atoms with van der Waals surface area (Å²) in [7, 11) is 0. The molecule has 4 unspecified atom stereocenters. The van der Waals surface area contributed by atoms with E-state index in [2.05, 4.69) is 400 Å². The van der Waals surface area contributed by atoms with Gasteiger partial charge in [0.1, 0.15) is 0 Å². The molecule has 520 valence electrons. The summed E-state index contributed by atoms with van der Waals surface area (Å²) in [6, 6.07) is 151. The molecule has 0 amide bonds. The molecule has 4 nitrogen and oxygen atoms in total. The minimum Gasteiger partial charge on any atom is -0.228 e. The minimum atomic E-state index is -0.580. The van der Waals surface area contributed by atoms with Gasteiger partial charge in [0.25, 0.3) is 0 Å². The molecule has 0 aliphatic heterocycles. The highest BCUT2D eigenvalue weighted by Crippen LogP contribution is 2.71. The van der Waals surface area contributed by atoms with Crippen LogP contribution in [0.25, 0.3) is 112 Å². The third-order valence-electron chi connectivity index (χ3n) is 25.1. The van der Waals surface area contributed by atoms with E-state index in [9.17, 15) is 0 Å². The van der Waals surface area contributed by atoms with E-state index in [1.807, 2.05) is 12.1 Å². The van der Waals surface area contributed by atoms with Gasteiger partial charge in [-0.2, -0.15) is 0 Å². The number of aromatic nitrogens is 4. The molecule has 18 aromatic rings. The first-order valence-electron chi connectivity index (χ1n) is 38.8. The fraction of sp³-hybridized carbons (Fsp3) is 0.0370. The average Bonchev–Trinajstić information content (AvgIpc) is 1.47. The van der Waals surface area contributed by atoms with Crippen molar-refractivity contribution in [1.82, 2.24) is 19.9 Å². The fourth-order valence-corrected chi connectivity index (χ4v) is 20.9. The molecule has 16 aromatic carbocycles. The van der Waals surface area contributed by atoms with Crippen LogP contribution < -0.4 is 0 Å². The second kappa shape index (κ2) is 24.6. The molecule has 0 radical (unpaired) electrons. The van der Waals surface area contributed by atoms with Crippen LogP contribution in [0.2, 0.25) is 0 Å². The SMILES string of the molecule is c1ccc(-c2cc(-c3ccccc3)nc(-c3ccc4c(c3)-c3ccccc3C43c4ccccc4C4(c5ccccc5)c5ccccc5-c5cccc3c54)n2)cc1.c1ccc(-c2cc(-c3ccccc3)nc(-c3ccc4c(c3)C3(c5ccccc5-4)c4ccccc4C4(c5ccccc5)c5ccccc5-c5cccc3c54)n2)cc1. The second-order valence-corrected chi connectivity index (χ2v) is 30.4. The fourth-order valence-electron chi connectivity index (χ4n) is 20.9. The third kappa shape index (κ3) is 8.72. The maximum Gasteiger partial charge on any atom is 0.160 e. The predicted octanol–water partition coefficient (Wildman–Crippen LogP) is 25.0. The zero-order chi connectivity index (χ0) is 73.7. The Balaban J connectivity index is 0.000000134. The van der Waals surface area contributed by atoms with Crippen molar-refractivity contribution in [2.24, 2.45) is 0 Å². The third-order valence-corrected chi connectivity index (χ3v) is 25.1. The van der Waals surface area contributed by atoms with Crippen LogP contribution in [0.4, 0.5) is 0 Å². The van der Waals surface area contributed by atoms with Gasteiger partial charge in [0, 0.05) is 33.4 Å². The van der Waals surface area contributed by atoms with E-state index in [-0.39, 0.29) is 0 Å². The Morgan fingerprint density at radius 2 is 0.402 bits per heavy atom. The van der Waals surface area contributed by atoms with Gasteiger partial charge in [0.2, 0.25) is 0 Å². The first kappa shape index (κ1) is 63.7. The molecule has 4 atom stereocenters. The lowest BCUT2D eigenvalue weighted by molar-refractivity contribution is 0.636. The molecule has 0 N–H and O–H groups in total. The predicted molar refractivity (Wildman–Crippen MR) is 453 cm³/mol. The summed E-state index contributed by atoms with van der Waals surface area (Å²) in [6.07, 6.45) is 0. The summed E-state index contributed by atoms with van der Waals surface area (Å²) in [5, 5.41) is 0. The molecular formula is C108H68N4. The highest BCUT2D eigenvalue weighted by molar-refractivity contribution is 5.99. The first-order valence-corrected chi connectivity index (χ1v) is 38.8. The summed E-state index contributed by atoms with van der Waals surface area (Å²) in [5.74, 6) is 1.43. The van der Waals surface area contributed by atoms with Gasteiger partial charge >= 0.3 is 0 Å². The van der Waals surface area contributed by atoms with Gasteiger partial charge < -0.3 is 0 Å². The standard InChI is InChI=1S/2C54H34N2/c1-4-17-35(18-5-1)49-34-50(36-19-6-2-7-20-36)56-52(55-49)37-31-32-41-39-23-10-13-27-44(39)54(48(41)33-37)46-29-15-14-28-45(46)53(38-21-8-3-9-22-38)43-26-12-11-24-40(43)42-25-16-30-47(54)51(42)53;1-4-17-35(18-5-1)49-34-50(36-19-6-2-7-20-36)56-52(55-49)37-31-32-45-42(33-37)40-24-11-13-27-44(40)54(45)47-29-15-14-28-46(47)53(38-21-8-3-9-22-38)43-26-12-10-23-39(43)41-25-16-30-48(54)51(41)53/h2*1-34H. The van der Waals surface area contributed by atoms with Crippen molar-refractivity contribution < 1.29 is 0 Å².